The van der Waals surface area contributed by atoms with E-state index in [2.05, 4.69) is 4.98 Å². The van der Waals surface area contributed by atoms with Gasteiger partial charge >= 0.3 is 5.97 Å². The van der Waals surface area contributed by atoms with Gasteiger partial charge in [-0.2, -0.15) is 0 Å². The molecule has 0 spiro atoms. The van der Waals surface area contributed by atoms with E-state index in [0.29, 0.717) is 34.6 Å². The van der Waals surface area contributed by atoms with Gasteiger partial charge in [0, 0.05) is 0 Å². The van der Waals surface area contributed by atoms with Crippen LogP contribution in [0.5, 0.6) is 11.5 Å². The van der Waals surface area contributed by atoms with E-state index in [1.165, 1.54) is 11.7 Å². The number of aromatic amines is 1. The molecule has 27 heavy (non-hydrogen) atoms. The van der Waals surface area contributed by atoms with Crippen LogP contribution in [0, 0.1) is 4.77 Å². The van der Waals surface area contributed by atoms with Gasteiger partial charge in [-0.3, -0.25) is 9.36 Å². The molecule has 2 heterocycles. The zero-order chi connectivity index (χ0) is 19.0. The number of methoxy groups -OCH3 is 1. The minimum absolute atomic E-state index is 0.247. The number of carbonyl (C=O) groups excluding carboxylic acids is 1. The van der Waals surface area contributed by atoms with Gasteiger partial charge in [0.25, 0.3) is 5.56 Å². The molecule has 0 fully saturated rings. The minimum Gasteiger partial charge on any atom is -0.486 e. The Morgan fingerprint density at radius 3 is 2.85 bits per heavy atom. The van der Waals surface area contributed by atoms with E-state index in [1.807, 2.05) is 24.3 Å². The van der Waals surface area contributed by atoms with Crippen molar-refractivity contribution in [3.8, 4) is 11.5 Å². The molecule has 0 radical (unpaired) electrons. The van der Waals surface area contributed by atoms with Crippen LogP contribution in [0.15, 0.2) is 47.3 Å². The highest BCUT2D eigenvalue weighted by Crippen LogP contribution is 2.31. The molecule has 0 bridgehead atoms. The minimum atomic E-state index is -0.480. The normalized spacial score (nSPS) is 15.5. The van der Waals surface area contributed by atoms with E-state index in [4.69, 9.17) is 26.4 Å². The van der Waals surface area contributed by atoms with E-state index < -0.39 is 5.97 Å². The van der Waals surface area contributed by atoms with Gasteiger partial charge in [0.1, 0.15) is 6.61 Å². The molecule has 2 aromatic carbocycles. The first-order valence-electron chi connectivity index (χ1n) is 8.30. The average molecular weight is 384 g/mol. The Balaban J connectivity index is 1.68. The van der Waals surface area contributed by atoms with Gasteiger partial charge in [0.2, 0.25) is 0 Å². The summed E-state index contributed by atoms with van der Waals surface area (Å²) in [4.78, 5) is 27.6. The number of H-pyrrole nitrogens is 1. The summed E-state index contributed by atoms with van der Waals surface area (Å²) in [5, 5.41) is 0.424. The Labute approximate surface area is 159 Å². The molecule has 4 rings (SSSR count). The second kappa shape index (κ2) is 6.88. The summed E-state index contributed by atoms with van der Waals surface area (Å²) < 4.78 is 18.0. The van der Waals surface area contributed by atoms with Crippen LogP contribution < -0.4 is 15.0 Å². The van der Waals surface area contributed by atoms with Crippen LogP contribution in [0.2, 0.25) is 0 Å². The summed E-state index contributed by atoms with van der Waals surface area (Å²) in [5.41, 5.74) is 0.566. The highest BCUT2D eigenvalue weighted by atomic mass is 32.1. The van der Waals surface area contributed by atoms with Crippen LogP contribution >= 0.6 is 12.2 Å². The number of rotatable bonds is 3. The molecular formula is C19H16N2O5S. The maximum absolute atomic E-state index is 12.9. The van der Waals surface area contributed by atoms with Gasteiger partial charge in [0.15, 0.2) is 22.4 Å². The first kappa shape index (κ1) is 17.3. The molecule has 1 N–H and O–H groups in total. The van der Waals surface area contributed by atoms with Gasteiger partial charge in [-0.25, -0.2) is 4.79 Å². The molecule has 1 aromatic heterocycles. The molecule has 1 aliphatic rings. The Bertz CT molecular complexity index is 1150. The third-order valence-corrected chi connectivity index (χ3v) is 4.68. The van der Waals surface area contributed by atoms with E-state index in [-0.39, 0.29) is 23.0 Å². The Kier molecular flexibility index (Phi) is 4.41. The summed E-state index contributed by atoms with van der Waals surface area (Å²) >= 11 is 5.35. The maximum Gasteiger partial charge on any atom is 0.337 e. The molecule has 0 saturated heterocycles. The summed E-state index contributed by atoms with van der Waals surface area (Å²) in [7, 11) is 1.30. The van der Waals surface area contributed by atoms with Crippen LogP contribution in [0.3, 0.4) is 0 Å². The highest BCUT2D eigenvalue weighted by Gasteiger charge is 2.22. The molecule has 7 nitrogen and oxygen atoms in total. The third-order valence-electron chi connectivity index (χ3n) is 4.36. The van der Waals surface area contributed by atoms with Crippen molar-refractivity contribution in [2.75, 3.05) is 13.7 Å². The van der Waals surface area contributed by atoms with Crippen LogP contribution in [0.1, 0.15) is 10.4 Å². The number of hydrogen-bond donors (Lipinski definition) is 1. The predicted molar refractivity (Wildman–Crippen MR) is 101 cm³/mol. The number of carbonyl (C=O) groups is 1. The van der Waals surface area contributed by atoms with Crippen LogP contribution in [0.25, 0.3) is 10.9 Å². The standard InChI is InChI=1S/C19H16N2O5S/c1-24-18(23)11-6-7-13-14(8-11)20-19(27)21(17(13)22)9-12-10-25-15-4-2-3-5-16(15)26-12/h2-8,12H,9-10H2,1H3,(H,20,27). The Hall–Kier alpha value is -3.13. The topological polar surface area (TPSA) is 82.6 Å². The van der Waals surface area contributed by atoms with Crippen molar-refractivity contribution in [3.63, 3.8) is 0 Å². The molecule has 3 aromatic rings. The number of nitrogens with zero attached hydrogens (tertiary/aromatic N) is 1. The average Bonchev–Trinajstić information content (AvgIpc) is 2.70. The smallest absolute Gasteiger partial charge is 0.337 e. The Morgan fingerprint density at radius 1 is 1.30 bits per heavy atom. The molecule has 1 unspecified atom stereocenters. The van der Waals surface area contributed by atoms with E-state index in [0.717, 1.165) is 0 Å². The SMILES string of the molecule is COC(=O)c1ccc2c(=O)n(CC3COc4ccccc4O3)c(=S)[nH]c2c1. The van der Waals surface area contributed by atoms with Crippen molar-refractivity contribution in [2.24, 2.45) is 0 Å². The lowest BCUT2D eigenvalue weighted by Gasteiger charge is -2.26. The fourth-order valence-corrected chi connectivity index (χ4v) is 3.29. The van der Waals surface area contributed by atoms with Crippen molar-refractivity contribution in [1.82, 2.24) is 9.55 Å². The molecule has 0 amide bonds. The number of aromatic nitrogens is 2. The lowest BCUT2D eigenvalue weighted by atomic mass is 10.1. The van der Waals surface area contributed by atoms with Crippen LogP contribution in [-0.2, 0) is 11.3 Å². The fourth-order valence-electron chi connectivity index (χ4n) is 3.02. The van der Waals surface area contributed by atoms with Crippen molar-refractivity contribution in [1.29, 1.82) is 0 Å². The van der Waals surface area contributed by atoms with E-state index >= 15 is 0 Å². The Morgan fingerprint density at radius 2 is 2.07 bits per heavy atom. The molecule has 0 aliphatic carbocycles. The molecule has 1 atom stereocenters. The monoisotopic (exact) mass is 384 g/mol. The number of benzene rings is 2. The summed E-state index contributed by atoms with van der Waals surface area (Å²) in [6.45, 7) is 0.564. The quantitative estimate of drug-likeness (QED) is 0.552. The van der Waals surface area contributed by atoms with Gasteiger partial charge < -0.3 is 19.2 Å². The molecular weight excluding hydrogens is 368 g/mol. The predicted octanol–water partition coefficient (Wildman–Crippen LogP) is 2.69. The summed E-state index contributed by atoms with van der Waals surface area (Å²) in [6, 6.07) is 12.1. The number of fused-ring (bicyclic) bond motifs is 2. The first-order chi connectivity index (χ1) is 13.1. The van der Waals surface area contributed by atoms with E-state index in [9.17, 15) is 9.59 Å². The molecule has 8 heteroatoms. The zero-order valence-electron chi connectivity index (χ0n) is 14.4. The van der Waals surface area contributed by atoms with Crippen LogP contribution in [-0.4, -0.2) is 35.3 Å². The number of esters is 1. The fraction of sp³-hybridized carbons (Fsp3) is 0.211. The first-order valence-corrected chi connectivity index (χ1v) is 8.71. The van der Waals surface area contributed by atoms with Crippen LogP contribution in [0.4, 0.5) is 0 Å². The second-order valence-electron chi connectivity index (χ2n) is 6.10. The maximum atomic E-state index is 12.9. The third kappa shape index (κ3) is 3.19. The molecule has 0 saturated carbocycles. The molecule has 1 aliphatic heterocycles. The second-order valence-corrected chi connectivity index (χ2v) is 6.48. The van der Waals surface area contributed by atoms with Crippen molar-refractivity contribution in [3.05, 3.63) is 63.2 Å². The van der Waals surface area contributed by atoms with Crippen molar-refractivity contribution in [2.45, 2.75) is 12.6 Å². The lowest BCUT2D eigenvalue weighted by molar-refractivity contribution is 0.0601. The van der Waals surface area contributed by atoms with Gasteiger partial charge in [-0.1, -0.05) is 12.1 Å². The number of nitrogens with one attached hydrogen (secondary N) is 1. The lowest BCUT2D eigenvalue weighted by Crippen LogP contribution is -2.37. The number of ether oxygens (including phenoxy) is 3. The van der Waals surface area contributed by atoms with Gasteiger partial charge in [-0.05, 0) is 42.5 Å². The number of hydrogen-bond acceptors (Lipinski definition) is 6. The number of para-hydroxylation sites is 2. The van der Waals surface area contributed by atoms with Gasteiger partial charge in [0.05, 0.1) is 30.1 Å². The summed E-state index contributed by atoms with van der Waals surface area (Å²) in [5.74, 6) is 0.840. The summed E-state index contributed by atoms with van der Waals surface area (Å²) in [6.07, 6.45) is -0.348. The van der Waals surface area contributed by atoms with Crippen molar-refractivity contribution >= 4 is 29.1 Å². The largest absolute Gasteiger partial charge is 0.486 e. The molecule has 138 valence electrons. The zero-order valence-corrected chi connectivity index (χ0v) is 15.2. The van der Waals surface area contributed by atoms with Gasteiger partial charge in [-0.15, -0.1) is 0 Å². The van der Waals surface area contributed by atoms with E-state index in [1.54, 1.807) is 18.2 Å². The highest BCUT2D eigenvalue weighted by molar-refractivity contribution is 7.71. The van der Waals surface area contributed by atoms with Crippen molar-refractivity contribution < 1.29 is 19.0 Å².